The van der Waals surface area contributed by atoms with E-state index < -0.39 is 0 Å². The van der Waals surface area contributed by atoms with Gasteiger partial charge in [-0.15, -0.1) is 0 Å². The fourth-order valence-electron chi connectivity index (χ4n) is 3.23. The van der Waals surface area contributed by atoms with Crippen molar-refractivity contribution in [1.82, 2.24) is 10.6 Å². The van der Waals surface area contributed by atoms with Gasteiger partial charge in [-0.1, -0.05) is 18.2 Å². The van der Waals surface area contributed by atoms with Crippen LogP contribution in [0.2, 0.25) is 0 Å². The Balaban J connectivity index is 1.30. The number of nitrogens with one attached hydrogen (secondary N) is 3. The lowest BCUT2D eigenvalue weighted by Crippen LogP contribution is -2.38. The smallest absolute Gasteiger partial charge is 0.315 e. The first-order valence-corrected chi connectivity index (χ1v) is 9.87. The van der Waals surface area contributed by atoms with Gasteiger partial charge in [0.05, 0.1) is 12.1 Å². The number of carbonyl (C=O) groups is 2. The average Bonchev–Trinajstić information content (AvgIpc) is 3.45. The first-order chi connectivity index (χ1) is 14.0. The van der Waals surface area contributed by atoms with Crippen LogP contribution in [0.15, 0.2) is 42.5 Å². The summed E-state index contributed by atoms with van der Waals surface area (Å²) in [6.07, 6.45) is 1.95. The molecule has 3 amide bonds. The first kappa shape index (κ1) is 19.1. The van der Waals surface area contributed by atoms with E-state index >= 15 is 0 Å². The molecule has 2 atom stereocenters. The predicted octanol–water partition coefficient (Wildman–Crippen LogP) is 3.89. The second-order valence-corrected chi connectivity index (χ2v) is 7.56. The van der Waals surface area contributed by atoms with E-state index in [2.05, 4.69) is 16.0 Å². The Kier molecular flexibility index (Phi) is 5.29. The SMILES string of the molecule is C[C@H](NC(=O)N[C@@H](C)c1ccc2c(c1)OCO2)c1ccc(NC(=O)C2CC2)cc1. The van der Waals surface area contributed by atoms with Gasteiger partial charge in [-0.2, -0.15) is 0 Å². The molecule has 0 radical (unpaired) electrons. The normalized spacial score (nSPS) is 16.6. The molecule has 1 saturated carbocycles. The fourth-order valence-corrected chi connectivity index (χ4v) is 3.23. The molecule has 0 bridgehead atoms. The number of amides is 3. The molecule has 2 aromatic rings. The second-order valence-electron chi connectivity index (χ2n) is 7.56. The molecule has 152 valence electrons. The molecule has 1 aliphatic carbocycles. The topological polar surface area (TPSA) is 88.7 Å². The van der Waals surface area contributed by atoms with E-state index in [9.17, 15) is 9.59 Å². The van der Waals surface area contributed by atoms with Crippen LogP contribution < -0.4 is 25.4 Å². The molecule has 0 aromatic heterocycles. The molecule has 7 nitrogen and oxygen atoms in total. The van der Waals surface area contributed by atoms with Crippen molar-refractivity contribution in [2.75, 3.05) is 12.1 Å². The summed E-state index contributed by atoms with van der Waals surface area (Å²) in [5.41, 5.74) is 2.67. The van der Waals surface area contributed by atoms with E-state index in [1.165, 1.54) is 0 Å². The van der Waals surface area contributed by atoms with Crippen molar-refractivity contribution in [3.63, 3.8) is 0 Å². The van der Waals surface area contributed by atoms with Gasteiger partial charge in [-0.05, 0) is 62.1 Å². The summed E-state index contributed by atoms with van der Waals surface area (Å²) in [7, 11) is 0. The highest BCUT2D eigenvalue weighted by molar-refractivity contribution is 5.94. The summed E-state index contributed by atoms with van der Waals surface area (Å²) in [4.78, 5) is 24.2. The summed E-state index contributed by atoms with van der Waals surface area (Å²) in [6, 6.07) is 12.6. The van der Waals surface area contributed by atoms with Crippen LogP contribution in [0.25, 0.3) is 0 Å². The van der Waals surface area contributed by atoms with Gasteiger partial charge in [0.2, 0.25) is 12.7 Å². The largest absolute Gasteiger partial charge is 0.454 e. The predicted molar refractivity (Wildman–Crippen MR) is 109 cm³/mol. The molecule has 2 aliphatic rings. The van der Waals surface area contributed by atoms with Crippen LogP contribution in [0.5, 0.6) is 11.5 Å². The Bertz CT molecular complexity index is 909. The molecule has 1 heterocycles. The first-order valence-electron chi connectivity index (χ1n) is 9.87. The highest BCUT2D eigenvalue weighted by Gasteiger charge is 2.29. The monoisotopic (exact) mass is 395 g/mol. The third kappa shape index (κ3) is 4.62. The molecule has 3 N–H and O–H groups in total. The fraction of sp³-hybridized carbons (Fsp3) is 0.364. The van der Waals surface area contributed by atoms with Crippen molar-refractivity contribution < 1.29 is 19.1 Å². The van der Waals surface area contributed by atoms with Gasteiger partial charge in [0.25, 0.3) is 0 Å². The van der Waals surface area contributed by atoms with Crippen molar-refractivity contribution in [2.45, 2.75) is 38.8 Å². The zero-order valence-corrected chi connectivity index (χ0v) is 16.5. The average molecular weight is 395 g/mol. The Labute approximate surface area is 169 Å². The Morgan fingerprint density at radius 3 is 2.21 bits per heavy atom. The summed E-state index contributed by atoms with van der Waals surface area (Å²) in [5.74, 6) is 1.67. The maximum Gasteiger partial charge on any atom is 0.315 e. The van der Waals surface area contributed by atoms with Crippen LogP contribution in [-0.4, -0.2) is 18.7 Å². The lowest BCUT2D eigenvalue weighted by molar-refractivity contribution is -0.117. The van der Waals surface area contributed by atoms with E-state index in [4.69, 9.17) is 9.47 Å². The number of hydrogen-bond acceptors (Lipinski definition) is 4. The molecule has 0 spiro atoms. The van der Waals surface area contributed by atoms with E-state index in [-0.39, 0.29) is 36.7 Å². The van der Waals surface area contributed by atoms with E-state index in [1.807, 2.05) is 56.3 Å². The third-order valence-electron chi connectivity index (χ3n) is 5.22. The zero-order chi connectivity index (χ0) is 20.4. The summed E-state index contributed by atoms with van der Waals surface area (Å²) >= 11 is 0. The zero-order valence-electron chi connectivity index (χ0n) is 16.5. The van der Waals surface area contributed by atoms with E-state index in [1.54, 1.807) is 0 Å². The lowest BCUT2D eigenvalue weighted by atomic mass is 10.1. The lowest BCUT2D eigenvalue weighted by Gasteiger charge is -2.19. The van der Waals surface area contributed by atoms with Crippen molar-refractivity contribution in [1.29, 1.82) is 0 Å². The summed E-state index contributed by atoms with van der Waals surface area (Å²) in [5, 5.41) is 8.80. The summed E-state index contributed by atoms with van der Waals surface area (Å²) < 4.78 is 10.7. The molecule has 2 aromatic carbocycles. The number of carbonyl (C=O) groups excluding carboxylic acids is 2. The number of rotatable bonds is 6. The maximum absolute atomic E-state index is 12.4. The van der Waals surface area contributed by atoms with E-state index in [0.717, 1.165) is 35.4 Å². The molecule has 4 rings (SSSR count). The number of ether oxygens (including phenoxy) is 2. The van der Waals surface area contributed by atoms with Crippen LogP contribution in [0, 0.1) is 5.92 Å². The van der Waals surface area contributed by atoms with Crippen molar-refractivity contribution in [3.8, 4) is 11.5 Å². The second kappa shape index (κ2) is 8.03. The van der Waals surface area contributed by atoms with Crippen LogP contribution in [0.1, 0.15) is 49.9 Å². The molecule has 0 unspecified atom stereocenters. The standard InChI is InChI=1S/C22H25N3O4/c1-13(15-5-8-18(9-6-15)25-21(26)16-3-4-16)23-22(27)24-14(2)17-7-10-19-20(11-17)29-12-28-19/h5-11,13-14,16H,3-4,12H2,1-2H3,(H,25,26)(H2,23,24,27)/t13-,14-/m0/s1. The van der Waals surface area contributed by atoms with Crippen molar-refractivity contribution in [2.24, 2.45) is 5.92 Å². The van der Waals surface area contributed by atoms with Gasteiger partial charge >= 0.3 is 6.03 Å². The minimum Gasteiger partial charge on any atom is -0.454 e. The minimum absolute atomic E-state index is 0.0841. The summed E-state index contributed by atoms with van der Waals surface area (Å²) in [6.45, 7) is 4.06. The molecular weight excluding hydrogens is 370 g/mol. The molecular formula is C22H25N3O4. The van der Waals surface area contributed by atoms with Gasteiger partial charge in [0, 0.05) is 11.6 Å². The van der Waals surface area contributed by atoms with Gasteiger partial charge in [0.1, 0.15) is 0 Å². The van der Waals surface area contributed by atoms with Crippen LogP contribution in [0.3, 0.4) is 0 Å². The minimum atomic E-state index is -0.256. The molecule has 0 saturated heterocycles. The van der Waals surface area contributed by atoms with Gasteiger partial charge in [-0.25, -0.2) is 4.79 Å². The number of hydrogen-bond donors (Lipinski definition) is 3. The highest BCUT2D eigenvalue weighted by Crippen LogP contribution is 2.34. The van der Waals surface area contributed by atoms with Gasteiger partial charge in [-0.3, -0.25) is 4.79 Å². The van der Waals surface area contributed by atoms with Crippen LogP contribution >= 0.6 is 0 Å². The number of benzene rings is 2. The van der Waals surface area contributed by atoms with E-state index in [0.29, 0.717) is 5.75 Å². The molecule has 7 heteroatoms. The quantitative estimate of drug-likeness (QED) is 0.692. The Hall–Kier alpha value is -3.22. The molecule has 29 heavy (non-hydrogen) atoms. The number of anilines is 1. The molecule has 1 aliphatic heterocycles. The van der Waals surface area contributed by atoms with Crippen LogP contribution in [-0.2, 0) is 4.79 Å². The van der Waals surface area contributed by atoms with Crippen molar-refractivity contribution >= 4 is 17.6 Å². The number of fused-ring (bicyclic) bond motifs is 1. The third-order valence-corrected chi connectivity index (χ3v) is 5.22. The Morgan fingerprint density at radius 1 is 0.897 bits per heavy atom. The van der Waals surface area contributed by atoms with Crippen LogP contribution in [0.4, 0.5) is 10.5 Å². The van der Waals surface area contributed by atoms with Crippen molar-refractivity contribution in [3.05, 3.63) is 53.6 Å². The maximum atomic E-state index is 12.4. The van der Waals surface area contributed by atoms with Gasteiger partial charge < -0.3 is 25.4 Å². The van der Waals surface area contributed by atoms with Gasteiger partial charge in [0.15, 0.2) is 11.5 Å². The molecule has 1 fully saturated rings. The number of urea groups is 1. The highest BCUT2D eigenvalue weighted by atomic mass is 16.7. The Morgan fingerprint density at radius 2 is 1.52 bits per heavy atom.